The van der Waals surface area contributed by atoms with E-state index >= 15 is 0 Å². The number of piperidine rings is 1. The van der Waals surface area contributed by atoms with Crippen LogP contribution in [0.3, 0.4) is 0 Å². The molecule has 0 aromatic rings. The number of allylic oxidation sites excluding steroid dienone is 2. The molecular weight excluding hydrogens is 649 g/mol. The Bertz CT molecular complexity index is 1480. The molecule has 6 aliphatic carbocycles. The van der Waals surface area contributed by atoms with Crippen LogP contribution < -0.4 is 10.6 Å². The number of carbonyl (C=O) groups is 3. The number of Topliss-reactive ketones (excluding diaryl/α,β-unsaturated/α-hetero) is 1. The molecular formula is C45H72N2O5. The lowest BCUT2D eigenvalue weighted by atomic mass is 9.33. The van der Waals surface area contributed by atoms with Crippen molar-refractivity contribution in [3.8, 4) is 0 Å². The smallest absolute Gasteiger partial charge is 0.309 e. The third-order valence-electron chi connectivity index (χ3n) is 18.2. The van der Waals surface area contributed by atoms with Crippen LogP contribution in [0, 0.1) is 73.9 Å². The number of carboxylic acid groups (broad SMARTS) is 1. The van der Waals surface area contributed by atoms with Gasteiger partial charge >= 0.3 is 11.9 Å². The summed E-state index contributed by atoms with van der Waals surface area (Å²) in [6.45, 7) is 25.3. The van der Waals surface area contributed by atoms with Gasteiger partial charge in [-0.1, -0.05) is 67.9 Å². The van der Waals surface area contributed by atoms with Crippen molar-refractivity contribution in [1.82, 2.24) is 10.6 Å². The zero-order chi connectivity index (χ0) is 37.6. The fourth-order valence-corrected chi connectivity index (χ4v) is 14.9. The van der Waals surface area contributed by atoms with E-state index in [-0.39, 0.29) is 51.0 Å². The Morgan fingerprint density at radius 3 is 2.29 bits per heavy atom. The zero-order valence-electron chi connectivity index (χ0n) is 34.2. The van der Waals surface area contributed by atoms with Crippen molar-refractivity contribution >= 4 is 17.7 Å². The lowest BCUT2D eigenvalue weighted by Crippen LogP contribution is -2.66. The molecule has 0 amide bonds. The summed E-state index contributed by atoms with van der Waals surface area (Å²) in [6.07, 6.45) is 13.6. The second kappa shape index (κ2) is 13.2. The number of hydrogen-bond donors (Lipinski definition) is 3. The van der Waals surface area contributed by atoms with Gasteiger partial charge in [0.25, 0.3) is 0 Å². The summed E-state index contributed by atoms with van der Waals surface area (Å²) in [4.78, 5) is 39.4. The first-order valence-electron chi connectivity index (χ1n) is 21.5. The van der Waals surface area contributed by atoms with Crippen LogP contribution in [0.2, 0.25) is 0 Å². The van der Waals surface area contributed by atoms with E-state index in [1.54, 1.807) is 5.57 Å². The highest BCUT2D eigenvalue weighted by Gasteiger charge is 2.70. The predicted molar refractivity (Wildman–Crippen MR) is 205 cm³/mol. The molecule has 1 aliphatic heterocycles. The number of carboxylic acids is 1. The van der Waals surface area contributed by atoms with Crippen LogP contribution in [0.1, 0.15) is 146 Å². The minimum absolute atomic E-state index is 0.0202. The van der Waals surface area contributed by atoms with E-state index in [2.05, 4.69) is 59.1 Å². The summed E-state index contributed by atoms with van der Waals surface area (Å²) in [5, 5.41) is 17.1. The van der Waals surface area contributed by atoms with Gasteiger partial charge in [-0.3, -0.25) is 14.4 Å². The van der Waals surface area contributed by atoms with Crippen molar-refractivity contribution < 1.29 is 24.2 Å². The second-order valence-corrected chi connectivity index (χ2v) is 21.4. The third-order valence-corrected chi connectivity index (χ3v) is 18.2. The van der Waals surface area contributed by atoms with Crippen LogP contribution in [0.4, 0.5) is 0 Å². The van der Waals surface area contributed by atoms with E-state index in [0.717, 1.165) is 64.7 Å². The molecule has 0 radical (unpaired) electrons. The molecule has 0 aromatic heterocycles. The maximum Gasteiger partial charge on any atom is 0.309 e. The first-order chi connectivity index (χ1) is 24.3. The highest BCUT2D eigenvalue weighted by atomic mass is 16.5. The topological polar surface area (TPSA) is 105 Å². The normalized spacial score (nSPS) is 45.0. The Hall–Kier alpha value is -1.73. The van der Waals surface area contributed by atoms with Gasteiger partial charge in [0.15, 0.2) is 5.78 Å². The molecule has 7 aliphatic rings. The molecule has 52 heavy (non-hydrogen) atoms. The lowest BCUT2D eigenvalue weighted by molar-refractivity contribution is -0.236. The van der Waals surface area contributed by atoms with E-state index in [9.17, 15) is 19.5 Å². The van der Waals surface area contributed by atoms with Crippen LogP contribution in [-0.4, -0.2) is 55.1 Å². The van der Waals surface area contributed by atoms with E-state index in [1.165, 1.54) is 44.1 Å². The van der Waals surface area contributed by atoms with E-state index in [4.69, 9.17) is 4.74 Å². The van der Waals surface area contributed by atoms with E-state index < -0.39 is 17.3 Å². The van der Waals surface area contributed by atoms with E-state index in [1.807, 2.05) is 13.8 Å². The second-order valence-electron chi connectivity index (χ2n) is 21.4. The van der Waals surface area contributed by atoms with Crippen LogP contribution in [0.25, 0.3) is 0 Å². The van der Waals surface area contributed by atoms with Crippen molar-refractivity contribution in [3.63, 3.8) is 0 Å². The summed E-state index contributed by atoms with van der Waals surface area (Å²) >= 11 is 0. The van der Waals surface area contributed by atoms with Gasteiger partial charge in [0.2, 0.25) is 0 Å². The van der Waals surface area contributed by atoms with E-state index in [0.29, 0.717) is 35.9 Å². The third kappa shape index (κ3) is 5.64. The molecule has 5 saturated carbocycles. The summed E-state index contributed by atoms with van der Waals surface area (Å²) in [5.74, 6) is 1.11. The minimum atomic E-state index is -0.809. The summed E-state index contributed by atoms with van der Waals surface area (Å²) in [5.41, 5.74) is 2.57. The van der Waals surface area contributed by atoms with Crippen molar-refractivity contribution in [2.75, 3.05) is 26.2 Å². The summed E-state index contributed by atoms with van der Waals surface area (Å²) < 4.78 is 6.43. The van der Waals surface area contributed by atoms with Gasteiger partial charge in [0, 0.05) is 17.3 Å². The zero-order valence-corrected chi connectivity index (χ0v) is 34.2. The predicted octanol–water partition coefficient (Wildman–Crippen LogP) is 8.61. The number of fused-ring (bicyclic) bond motifs is 7. The van der Waals surface area contributed by atoms with Crippen LogP contribution in [-0.2, 0) is 19.1 Å². The fraction of sp³-hybridized carbons (Fsp3) is 0.889. The van der Waals surface area contributed by atoms with Crippen LogP contribution in [0.15, 0.2) is 11.1 Å². The van der Waals surface area contributed by atoms with Gasteiger partial charge in [-0.05, 0) is 160 Å². The molecule has 11 atom stereocenters. The van der Waals surface area contributed by atoms with Gasteiger partial charge in [0.1, 0.15) is 6.10 Å². The Morgan fingerprint density at radius 1 is 0.885 bits per heavy atom. The van der Waals surface area contributed by atoms with Gasteiger partial charge in [0.05, 0.1) is 11.8 Å². The molecule has 1 heterocycles. The van der Waals surface area contributed by atoms with Crippen molar-refractivity contribution in [1.29, 1.82) is 0 Å². The van der Waals surface area contributed by atoms with Crippen LogP contribution in [0.5, 0.6) is 0 Å². The SMILES string of the molecule is CC(C)C1=C2[C@H]3CC[C@@H]4[C@@]5(C)CC[C@H](OC(=O)[C@H]6C[C@@H](C(=O)O)C6(C)C)C(C)(C)[C@@H]5CC[C@@]4(C)[C@]3(C)CC[C@@]2(CCNC[C@H]2CCCNC2)CC1=O. The molecule has 0 unspecified atom stereocenters. The molecule has 7 rings (SSSR count). The Kier molecular flexibility index (Phi) is 9.78. The number of ether oxygens (including phenoxy) is 1. The number of hydrogen-bond acceptors (Lipinski definition) is 6. The van der Waals surface area contributed by atoms with Crippen molar-refractivity contribution in [2.45, 2.75) is 152 Å². The maximum atomic E-state index is 14.0. The maximum absolute atomic E-state index is 14.0. The monoisotopic (exact) mass is 721 g/mol. The number of nitrogens with one attached hydrogen (secondary N) is 2. The summed E-state index contributed by atoms with van der Waals surface area (Å²) in [6, 6.07) is 0. The molecule has 0 aromatic carbocycles. The first kappa shape index (κ1) is 38.5. The molecule has 7 nitrogen and oxygen atoms in total. The summed E-state index contributed by atoms with van der Waals surface area (Å²) in [7, 11) is 0. The highest BCUT2D eigenvalue weighted by Crippen LogP contribution is 2.77. The largest absolute Gasteiger partial charge is 0.481 e. The molecule has 0 spiro atoms. The van der Waals surface area contributed by atoms with Gasteiger partial charge < -0.3 is 20.5 Å². The fourth-order valence-electron chi connectivity index (χ4n) is 14.9. The first-order valence-corrected chi connectivity index (χ1v) is 21.5. The Balaban J connectivity index is 1.10. The van der Waals surface area contributed by atoms with Crippen molar-refractivity contribution in [3.05, 3.63) is 11.1 Å². The molecule has 6 fully saturated rings. The van der Waals surface area contributed by atoms with Crippen molar-refractivity contribution in [2.24, 2.45) is 73.9 Å². The average Bonchev–Trinajstić information content (AvgIpc) is 3.37. The van der Waals surface area contributed by atoms with Gasteiger partial charge in [-0.15, -0.1) is 0 Å². The Morgan fingerprint density at radius 2 is 1.63 bits per heavy atom. The minimum Gasteiger partial charge on any atom is -0.481 e. The molecule has 0 bridgehead atoms. The number of carbonyl (C=O) groups excluding carboxylic acids is 2. The quantitative estimate of drug-likeness (QED) is 0.162. The average molecular weight is 721 g/mol. The Labute approximate surface area is 315 Å². The van der Waals surface area contributed by atoms with Gasteiger partial charge in [-0.2, -0.15) is 0 Å². The molecule has 292 valence electrons. The standard InChI is InChI=1S/C45H72N2O5/c1-27(2)36-32(48)24-45(20-22-47-26-28-11-10-21-46-25-28)19-18-43(8)29(37(36)45)12-13-34-42(7)16-15-35(41(5,6)33(42)14-17-44(34,43)9)52-39(51)31-23-30(38(49)50)40(31,3)4/h27-31,33-35,46-47H,10-26H2,1-9H3,(H,49,50)/t28-,29+,30-,31+,33-,34+,35-,42-,43+,44+,45+/m0/s1. The molecule has 7 heteroatoms. The molecule has 1 saturated heterocycles. The number of ketones is 1. The molecule has 3 N–H and O–H groups in total. The lowest BCUT2D eigenvalue weighted by Gasteiger charge is -2.72. The number of esters is 1. The highest BCUT2D eigenvalue weighted by molar-refractivity contribution is 6.00. The number of rotatable bonds is 9. The number of aliphatic carboxylic acids is 1. The van der Waals surface area contributed by atoms with Gasteiger partial charge in [-0.25, -0.2) is 0 Å². The van der Waals surface area contributed by atoms with Crippen LogP contribution >= 0.6 is 0 Å².